The van der Waals surface area contributed by atoms with Gasteiger partial charge in [-0.3, -0.25) is 19.7 Å². The van der Waals surface area contributed by atoms with E-state index in [1.807, 2.05) is 30.3 Å². The fourth-order valence-electron chi connectivity index (χ4n) is 3.57. The van der Waals surface area contributed by atoms with E-state index in [2.05, 4.69) is 15.0 Å². The number of aliphatic imine (C=N–C) groups is 1. The highest BCUT2D eigenvalue weighted by molar-refractivity contribution is 6.09. The molecule has 8 heteroatoms. The summed E-state index contributed by atoms with van der Waals surface area (Å²) in [5.41, 5.74) is 7.23. The van der Waals surface area contributed by atoms with E-state index in [9.17, 15) is 9.18 Å². The summed E-state index contributed by atoms with van der Waals surface area (Å²) in [6.07, 6.45) is 3.15. The number of benzene rings is 1. The third-order valence-corrected chi connectivity index (χ3v) is 5.13. The summed E-state index contributed by atoms with van der Waals surface area (Å²) in [5.74, 6) is 0.250. The van der Waals surface area contributed by atoms with E-state index in [0.717, 1.165) is 5.56 Å². The number of likely N-dealkylation sites (N-methyl/N-ethyl adjacent to an activating group) is 1. The maximum atomic E-state index is 13.4. The van der Waals surface area contributed by atoms with Crippen LogP contribution in [0.3, 0.4) is 0 Å². The van der Waals surface area contributed by atoms with Crippen LogP contribution in [0.5, 0.6) is 5.75 Å². The number of nitrogens with zero attached hydrogens (tertiary/aromatic N) is 4. The molecule has 0 spiro atoms. The molecule has 2 N–H and O–H groups in total. The van der Waals surface area contributed by atoms with Gasteiger partial charge in [0.25, 0.3) is 5.91 Å². The molecule has 0 saturated heterocycles. The first-order valence-corrected chi connectivity index (χ1v) is 9.25. The van der Waals surface area contributed by atoms with Crippen molar-refractivity contribution >= 4 is 11.9 Å². The molecule has 3 heterocycles. The molecule has 3 aromatic rings. The Morgan fingerprint density at radius 3 is 2.57 bits per heavy atom. The molecule has 1 atom stereocenters. The quantitative estimate of drug-likeness (QED) is 0.704. The molecule has 152 valence electrons. The number of hydrogen-bond donors (Lipinski definition) is 1. The van der Waals surface area contributed by atoms with Crippen LogP contribution in [0.1, 0.15) is 16.8 Å². The number of rotatable bonds is 5. The largest absolute Gasteiger partial charge is 0.497 e. The van der Waals surface area contributed by atoms with Crippen LogP contribution < -0.4 is 10.5 Å². The van der Waals surface area contributed by atoms with E-state index in [0.29, 0.717) is 22.6 Å². The van der Waals surface area contributed by atoms with Crippen LogP contribution in [0.4, 0.5) is 4.39 Å². The van der Waals surface area contributed by atoms with Gasteiger partial charge in [-0.1, -0.05) is 6.07 Å². The van der Waals surface area contributed by atoms with Crippen molar-refractivity contribution in [2.24, 2.45) is 10.7 Å². The second-order valence-electron chi connectivity index (χ2n) is 6.88. The zero-order valence-corrected chi connectivity index (χ0v) is 16.5. The minimum absolute atomic E-state index is 0.0702. The first kappa shape index (κ1) is 19.5. The van der Waals surface area contributed by atoms with Gasteiger partial charge >= 0.3 is 0 Å². The first-order chi connectivity index (χ1) is 14.5. The van der Waals surface area contributed by atoms with Crippen LogP contribution in [0, 0.1) is 0 Å². The highest BCUT2D eigenvalue weighted by Crippen LogP contribution is 2.42. The lowest BCUT2D eigenvalue weighted by Crippen LogP contribution is -2.41. The van der Waals surface area contributed by atoms with Crippen molar-refractivity contribution in [2.45, 2.75) is 12.2 Å². The van der Waals surface area contributed by atoms with E-state index >= 15 is 0 Å². The molecule has 0 saturated carbocycles. The number of aromatic nitrogens is 2. The summed E-state index contributed by atoms with van der Waals surface area (Å²) in [6, 6.07) is 14.1. The maximum absolute atomic E-state index is 13.4. The van der Waals surface area contributed by atoms with Crippen molar-refractivity contribution in [2.75, 3.05) is 14.2 Å². The molecule has 1 aliphatic rings. The SMILES string of the molecule is COc1cc(-c2ccccn2)cc(C2(c3ccnc(CF)c3)N=C(N)N(C)C2=O)c1. The van der Waals surface area contributed by atoms with Crippen LogP contribution in [0.15, 0.2) is 65.9 Å². The van der Waals surface area contributed by atoms with Crippen molar-refractivity contribution in [3.05, 3.63) is 77.7 Å². The number of halogens is 1. The van der Waals surface area contributed by atoms with Crippen LogP contribution in [0.25, 0.3) is 11.3 Å². The summed E-state index contributed by atoms with van der Waals surface area (Å²) < 4.78 is 18.8. The Morgan fingerprint density at radius 2 is 1.93 bits per heavy atom. The monoisotopic (exact) mass is 405 g/mol. The second kappa shape index (κ2) is 7.55. The summed E-state index contributed by atoms with van der Waals surface area (Å²) in [7, 11) is 3.10. The average molecular weight is 405 g/mol. The van der Waals surface area contributed by atoms with Gasteiger partial charge in [0.2, 0.25) is 0 Å². The van der Waals surface area contributed by atoms with Gasteiger partial charge in [-0.05, 0) is 53.6 Å². The standard InChI is InChI=1S/C22H20FN5O2/c1-28-20(29)22(27-21(28)24,15-6-8-25-17(11-15)13-23)16-9-14(10-18(12-16)30-2)19-5-3-4-7-26-19/h3-12H,13H2,1-2H3,(H2,24,27). The Balaban J connectivity index is 2.00. The Hall–Kier alpha value is -3.81. The Kier molecular flexibility index (Phi) is 4.91. The predicted molar refractivity (Wildman–Crippen MR) is 110 cm³/mol. The third-order valence-electron chi connectivity index (χ3n) is 5.13. The molecule has 2 aromatic heterocycles. The number of carbonyl (C=O) groups is 1. The number of hydrogen-bond acceptors (Lipinski definition) is 6. The summed E-state index contributed by atoms with van der Waals surface area (Å²) in [5, 5.41) is 0. The van der Waals surface area contributed by atoms with Crippen molar-refractivity contribution < 1.29 is 13.9 Å². The lowest BCUT2D eigenvalue weighted by atomic mass is 9.82. The normalized spacial score (nSPS) is 18.4. The molecule has 4 rings (SSSR count). The second-order valence-corrected chi connectivity index (χ2v) is 6.88. The average Bonchev–Trinajstić information content (AvgIpc) is 3.04. The number of nitrogens with two attached hydrogens (primary N) is 1. The van der Waals surface area contributed by atoms with E-state index < -0.39 is 12.2 Å². The van der Waals surface area contributed by atoms with Crippen LogP contribution in [0.2, 0.25) is 0 Å². The van der Waals surface area contributed by atoms with Crippen LogP contribution >= 0.6 is 0 Å². The highest BCUT2D eigenvalue weighted by atomic mass is 19.1. The topological polar surface area (TPSA) is 93.7 Å². The molecule has 0 radical (unpaired) electrons. The molecule has 1 aromatic carbocycles. The van der Waals surface area contributed by atoms with Crippen molar-refractivity contribution in [3.63, 3.8) is 0 Å². The fraction of sp³-hybridized carbons (Fsp3) is 0.182. The zero-order valence-electron chi connectivity index (χ0n) is 16.5. The van der Waals surface area contributed by atoms with Crippen LogP contribution in [-0.4, -0.2) is 40.9 Å². The summed E-state index contributed by atoms with van der Waals surface area (Å²) >= 11 is 0. The number of guanidine groups is 1. The Bertz CT molecular complexity index is 1140. The number of alkyl halides is 1. The van der Waals surface area contributed by atoms with Crippen LogP contribution in [-0.2, 0) is 17.0 Å². The summed E-state index contributed by atoms with van der Waals surface area (Å²) in [4.78, 5) is 27.7. The van der Waals surface area contributed by atoms with Gasteiger partial charge in [0.1, 0.15) is 12.4 Å². The number of carbonyl (C=O) groups excluding carboxylic acids is 1. The molecule has 1 unspecified atom stereocenters. The zero-order chi connectivity index (χ0) is 21.3. The molecule has 0 fully saturated rings. The number of pyridine rings is 2. The van der Waals surface area contributed by atoms with Gasteiger partial charge in [0, 0.05) is 25.0 Å². The van der Waals surface area contributed by atoms with Crippen molar-refractivity contribution in [1.29, 1.82) is 0 Å². The fourth-order valence-corrected chi connectivity index (χ4v) is 3.57. The minimum atomic E-state index is -1.48. The third kappa shape index (κ3) is 3.06. The lowest BCUT2D eigenvalue weighted by Gasteiger charge is -2.27. The van der Waals surface area contributed by atoms with Gasteiger partial charge in [-0.15, -0.1) is 0 Å². The molecule has 0 aliphatic carbocycles. The van der Waals surface area contributed by atoms with Gasteiger partial charge in [0.15, 0.2) is 11.5 Å². The minimum Gasteiger partial charge on any atom is -0.497 e. The maximum Gasteiger partial charge on any atom is 0.266 e. The molecular weight excluding hydrogens is 385 g/mol. The molecule has 1 aliphatic heterocycles. The molecule has 30 heavy (non-hydrogen) atoms. The molecular formula is C22H20FN5O2. The van der Waals surface area contributed by atoms with Crippen molar-refractivity contribution in [1.82, 2.24) is 14.9 Å². The summed E-state index contributed by atoms with van der Waals surface area (Å²) in [6.45, 7) is -0.759. The molecule has 1 amide bonds. The van der Waals surface area contributed by atoms with E-state index in [1.165, 1.54) is 17.2 Å². The number of ether oxygens (including phenoxy) is 1. The van der Waals surface area contributed by atoms with Gasteiger partial charge < -0.3 is 10.5 Å². The van der Waals surface area contributed by atoms with Gasteiger partial charge in [-0.25, -0.2) is 9.38 Å². The van der Waals surface area contributed by atoms with E-state index in [1.54, 1.807) is 32.5 Å². The molecule has 0 bridgehead atoms. The van der Waals surface area contributed by atoms with E-state index in [-0.39, 0.29) is 17.6 Å². The van der Waals surface area contributed by atoms with Crippen molar-refractivity contribution in [3.8, 4) is 17.0 Å². The Labute approximate surface area is 173 Å². The molecule has 7 nitrogen and oxygen atoms in total. The lowest BCUT2D eigenvalue weighted by molar-refractivity contribution is -0.129. The van der Waals surface area contributed by atoms with E-state index in [4.69, 9.17) is 10.5 Å². The van der Waals surface area contributed by atoms with Gasteiger partial charge in [0.05, 0.1) is 18.5 Å². The first-order valence-electron chi connectivity index (χ1n) is 9.25. The Morgan fingerprint density at radius 1 is 1.10 bits per heavy atom. The number of amides is 1. The number of methoxy groups -OCH3 is 1. The smallest absolute Gasteiger partial charge is 0.266 e. The highest BCUT2D eigenvalue weighted by Gasteiger charge is 2.50. The van der Waals surface area contributed by atoms with Gasteiger partial charge in [-0.2, -0.15) is 0 Å². The predicted octanol–water partition coefficient (Wildman–Crippen LogP) is 2.65.